The molecule has 0 heterocycles. The van der Waals surface area contributed by atoms with Crippen LogP contribution < -0.4 is 0 Å². The van der Waals surface area contributed by atoms with Gasteiger partial charge in [-0.25, -0.2) is 0 Å². The van der Waals surface area contributed by atoms with Crippen molar-refractivity contribution < 1.29 is 9.59 Å². The van der Waals surface area contributed by atoms with Crippen LogP contribution in [0.25, 0.3) is 0 Å². The summed E-state index contributed by atoms with van der Waals surface area (Å²) in [7, 11) is 0. The Hall–Kier alpha value is -1.10. The fraction of sp³-hybridized carbons (Fsp3) is 0.733. The third-order valence-corrected chi connectivity index (χ3v) is 5.52. The maximum absolute atomic E-state index is 12.2. The van der Waals surface area contributed by atoms with Gasteiger partial charge in [0, 0.05) is 31.6 Å². The van der Waals surface area contributed by atoms with Crippen LogP contribution in [0.5, 0.6) is 0 Å². The predicted molar refractivity (Wildman–Crippen MR) is 64.1 cm³/mol. The lowest BCUT2D eigenvalue weighted by Gasteiger charge is -2.46. The Morgan fingerprint density at radius 1 is 1.18 bits per heavy atom. The monoisotopic (exact) mass is 230 g/mol. The van der Waals surface area contributed by atoms with Crippen LogP contribution in [-0.2, 0) is 9.59 Å². The average molecular weight is 230 g/mol. The number of ketones is 2. The van der Waals surface area contributed by atoms with E-state index in [0.717, 1.165) is 19.3 Å². The molecule has 0 N–H and O–H groups in total. The second kappa shape index (κ2) is 3.45. The maximum Gasteiger partial charge on any atom is 0.138 e. The molecule has 2 heteroatoms. The fourth-order valence-electron chi connectivity index (χ4n) is 4.94. The van der Waals surface area contributed by atoms with Gasteiger partial charge < -0.3 is 0 Å². The lowest BCUT2D eigenvalue weighted by molar-refractivity contribution is -0.123. The van der Waals surface area contributed by atoms with Crippen LogP contribution in [0.3, 0.4) is 0 Å². The molecule has 3 saturated carbocycles. The molecule has 0 aromatic rings. The fourth-order valence-corrected chi connectivity index (χ4v) is 4.94. The van der Waals surface area contributed by atoms with E-state index in [0.29, 0.717) is 37.2 Å². The van der Waals surface area contributed by atoms with E-state index in [1.54, 1.807) is 0 Å². The van der Waals surface area contributed by atoms with Gasteiger partial charge in [-0.1, -0.05) is 12.8 Å². The Balaban J connectivity index is 2.07. The second-order valence-corrected chi connectivity index (χ2v) is 6.14. The van der Waals surface area contributed by atoms with Crippen molar-refractivity contribution in [1.29, 1.82) is 0 Å². The molecule has 0 amide bonds. The summed E-state index contributed by atoms with van der Waals surface area (Å²) in [5.41, 5.74) is -0.0489. The average Bonchev–Trinajstić information content (AvgIpc) is 2.68. The van der Waals surface area contributed by atoms with Gasteiger partial charge in [0.25, 0.3) is 0 Å². The first-order valence-corrected chi connectivity index (χ1v) is 6.61. The van der Waals surface area contributed by atoms with Crippen LogP contribution in [0.2, 0.25) is 0 Å². The number of carbonyl (C=O) groups is 2. The quantitative estimate of drug-likeness (QED) is 0.649. The third-order valence-electron chi connectivity index (χ3n) is 5.52. The first-order valence-electron chi connectivity index (χ1n) is 6.61. The number of rotatable bonds is 1. The molecular weight excluding hydrogens is 212 g/mol. The van der Waals surface area contributed by atoms with Crippen LogP contribution in [0, 0.1) is 29.1 Å². The van der Waals surface area contributed by atoms with E-state index in [4.69, 9.17) is 6.42 Å². The normalized spacial score (nSPS) is 44.3. The van der Waals surface area contributed by atoms with Crippen molar-refractivity contribution in [2.75, 3.05) is 0 Å². The summed E-state index contributed by atoms with van der Waals surface area (Å²) in [6.07, 6.45) is 12.3. The summed E-state index contributed by atoms with van der Waals surface area (Å²) in [5, 5.41) is 0. The van der Waals surface area contributed by atoms with E-state index in [1.165, 1.54) is 6.42 Å². The molecule has 90 valence electrons. The predicted octanol–water partition coefficient (Wildman–Crippen LogP) is 2.51. The molecule has 3 rings (SSSR count). The van der Waals surface area contributed by atoms with Gasteiger partial charge in [0.2, 0.25) is 0 Å². The van der Waals surface area contributed by atoms with Gasteiger partial charge in [-0.3, -0.25) is 9.59 Å². The van der Waals surface area contributed by atoms with E-state index >= 15 is 0 Å². The van der Waals surface area contributed by atoms with Crippen LogP contribution >= 0.6 is 0 Å². The highest BCUT2D eigenvalue weighted by Crippen LogP contribution is 2.69. The van der Waals surface area contributed by atoms with E-state index in [-0.39, 0.29) is 16.7 Å². The third kappa shape index (κ3) is 1.23. The largest absolute Gasteiger partial charge is 0.300 e. The molecule has 3 unspecified atom stereocenters. The minimum atomic E-state index is -0.0498. The molecule has 0 radical (unpaired) electrons. The Bertz CT molecular complexity index is 431. The highest BCUT2D eigenvalue weighted by molar-refractivity contribution is 5.93. The first-order chi connectivity index (χ1) is 8.13. The highest BCUT2D eigenvalue weighted by Gasteiger charge is 2.67. The summed E-state index contributed by atoms with van der Waals surface area (Å²) in [4.78, 5) is 24.1. The summed E-state index contributed by atoms with van der Waals surface area (Å²) in [6.45, 7) is 0. The molecule has 0 spiro atoms. The van der Waals surface area contributed by atoms with Gasteiger partial charge in [-0.2, -0.15) is 0 Å². The van der Waals surface area contributed by atoms with Crippen molar-refractivity contribution in [3.63, 3.8) is 0 Å². The Morgan fingerprint density at radius 3 is 2.71 bits per heavy atom. The smallest absolute Gasteiger partial charge is 0.138 e. The van der Waals surface area contributed by atoms with E-state index in [2.05, 4.69) is 5.92 Å². The lowest BCUT2D eigenvalue weighted by Crippen LogP contribution is -2.40. The van der Waals surface area contributed by atoms with Gasteiger partial charge in [0.1, 0.15) is 11.6 Å². The SMILES string of the molecule is C#CCC1C(=O)CC23CCCCC12CC(=O)C3. The highest BCUT2D eigenvalue weighted by atomic mass is 16.1. The van der Waals surface area contributed by atoms with Gasteiger partial charge in [-0.15, -0.1) is 12.3 Å². The standard InChI is InChI=1S/C15H18O2/c1-2-5-12-13(17)10-14-6-3-4-7-15(12,14)9-11(16)8-14/h1,12H,3-10H2. The van der Waals surface area contributed by atoms with Crippen LogP contribution in [0.15, 0.2) is 0 Å². The van der Waals surface area contributed by atoms with Crippen molar-refractivity contribution in [2.45, 2.75) is 51.4 Å². The van der Waals surface area contributed by atoms with Gasteiger partial charge >= 0.3 is 0 Å². The van der Waals surface area contributed by atoms with Crippen LogP contribution in [0.4, 0.5) is 0 Å². The number of terminal acetylenes is 1. The van der Waals surface area contributed by atoms with Crippen LogP contribution in [-0.4, -0.2) is 11.6 Å². The number of carbonyl (C=O) groups excluding carboxylic acids is 2. The van der Waals surface area contributed by atoms with Crippen molar-refractivity contribution in [1.82, 2.24) is 0 Å². The molecule has 0 aliphatic heterocycles. The van der Waals surface area contributed by atoms with Gasteiger partial charge in [-0.05, 0) is 23.7 Å². The van der Waals surface area contributed by atoms with E-state index < -0.39 is 0 Å². The van der Waals surface area contributed by atoms with Gasteiger partial charge in [0.15, 0.2) is 0 Å². The molecule has 0 saturated heterocycles. The summed E-state index contributed by atoms with van der Waals surface area (Å²) in [6, 6.07) is 0. The first kappa shape index (κ1) is 11.0. The molecule has 0 bridgehead atoms. The maximum atomic E-state index is 12.2. The second-order valence-electron chi connectivity index (χ2n) is 6.14. The minimum absolute atomic E-state index is 0.000926. The van der Waals surface area contributed by atoms with Gasteiger partial charge in [0.05, 0.1) is 0 Å². The Labute approximate surface area is 102 Å². The molecule has 3 atom stereocenters. The molecule has 2 nitrogen and oxygen atoms in total. The van der Waals surface area contributed by atoms with Crippen molar-refractivity contribution in [3.05, 3.63) is 0 Å². The lowest BCUT2D eigenvalue weighted by atomic mass is 9.57. The van der Waals surface area contributed by atoms with Crippen molar-refractivity contribution in [3.8, 4) is 12.3 Å². The summed E-state index contributed by atoms with van der Waals surface area (Å²) in [5.74, 6) is 3.32. The Morgan fingerprint density at radius 2 is 1.94 bits per heavy atom. The zero-order valence-corrected chi connectivity index (χ0v) is 10.1. The molecule has 3 fully saturated rings. The van der Waals surface area contributed by atoms with E-state index in [9.17, 15) is 9.59 Å². The number of hydrogen-bond donors (Lipinski definition) is 0. The van der Waals surface area contributed by atoms with E-state index in [1.807, 2.05) is 0 Å². The Kier molecular flexibility index (Phi) is 2.23. The molecule has 3 aliphatic rings. The van der Waals surface area contributed by atoms with Crippen molar-refractivity contribution in [2.24, 2.45) is 16.7 Å². The minimum Gasteiger partial charge on any atom is -0.300 e. The summed E-state index contributed by atoms with van der Waals surface area (Å²) >= 11 is 0. The number of hydrogen-bond acceptors (Lipinski definition) is 2. The van der Waals surface area contributed by atoms with Crippen LogP contribution in [0.1, 0.15) is 51.4 Å². The zero-order valence-electron chi connectivity index (χ0n) is 10.1. The number of Topliss-reactive ketones (excluding diaryl/α,β-unsaturated/α-hetero) is 2. The molecule has 0 aromatic heterocycles. The summed E-state index contributed by atoms with van der Waals surface area (Å²) < 4.78 is 0. The topological polar surface area (TPSA) is 34.1 Å². The molecular formula is C15H18O2. The molecule has 17 heavy (non-hydrogen) atoms. The molecule has 3 aliphatic carbocycles. The zero-order chi connectivity index (χ0) is 12.1. The molecule has 0 aromatic carbocycles. The van der Waals surface area contributed by atoms with Crippen molar-refractivity contribution >= 4 is 11.6 Å².